The molecule has 1 fully saturated rings. The number of allylic oxidation sites excluding steroid dienone is 2. The van der Waals surface area contributed by atoms with E-state index in [9.17, 15) is 18.0 Å². The molecule has 10 nitrogen and oxygen atoms in total. The van der Waals surface area contributed by atoms with Crippen LogP contribution in [0.2, 0.25) is 5.02 Å². The van der Waals surface area contributed by atoms with E-state index in [0.717, 1.165) is 101 Å². The summed E-state index contributed by atoms with van der Waals surface area (Å²) in [5.74, 6) is -0.0319. The fourth-order valence-corrected chi connectivity index (χ4v) is 9.60. The summed E-state index contributed by atoms with van der Waals surface area (Å²) in [4.78, 5) is 28.8. The molecule has 1 N–H and O–H groups in total. The first-order valence-electron chi connectivity index (χ1n) is 21.3. The van der Waals surface area contributed by atoms with E-state index < -0.39 is 28.5 Å². The Kier molecular flexibility index (Phi) is 17.0. The Morgan fingerprint density at radius 1 is 0.947 bits per heavy atom. The van der Waals surface area contributed by atoms with Crippen molar-refractivity contribution in [3.63, 3.8) is 0 Å². The second-order valence-corrected chi connectivity index (χ2v) is 18.9. The number of carbonyl (C=O) groups is 2. The molecule has 5 atom stereocenters. The van der Waals surface area contributed by atoms with Crippen LogP contribution in [-0.2, 0) is 40.6 Å². The fraction of sp³-hybridized carbons (Fsp3) is 0.636. The molecule has 0 aromatic heterocycles. The Morgan fingerprint density at radius 3 is 2.26 bits per heavy atom. The molecule has 0 radical (unpaired) electrons. The Balaban J connectivity index is 0.000000329. The number of rotatable bonds is 12. The number of benzene rings is 2. The van der Waals surface area contributed by atoms with Gasteiger partial charge in [-0.1, -0.05) is 70.7 Å². The summed E-state index contributed by atoms with van der Waals surface area (Å²) in [6.07, 6.45) is 15.2. The Morgan fingerprint density at radius 2 is 1.63 bits per heavy atom. The van der Waals surface area contributed by atoms with E-state index in [2.05, 4.69) is 42.5 Å². The van der Waals surface area contributed by atoms with Gasteiger partial charge in [-0.05, 0) is 124 Å². The standard InChI is InChI=1S/C32H37ClN2O5S.C12H27BO3/c1-20-5-3-7-29(36)26-11-8-24(26)17-35-18-32(14-4-6-22-15-25(33)10-12-27(22)32)19-40-30-13-9-23(16-28(30)35)31(37)34-41(38,39)21(20)2;1-4-7-10-14-13(15-11-8-5-2)16-12-9-6-3/h3,7,9-10,12-13,15-16,20-21,24,26H,4-6,8,11,14,17-19H2,1-2H3,(H,34,37);4-12H2,1-3H3/b7-3+;/t20-,21+,24-,26+,32-;/m0./s1. The number of unbranched alkanes of at least 4 members (excludes halogenated alkanes) is 3. The van der Waals surface area contributed by atoms with Crippen LogP contribution in [-0.4, -0.2) is 72.2 Å². The normalized spacial score (nSPS) is 26.0. The zero-order valence-electron chi connectivity index (χ0n) is 34.7. The number of nitrogens with one attached hydrogen (secondary N) is 1. The van der Waals surface area contributed by atoms with Gasteiger partial charge in [0, 0.05) is 54.8 Å². The Labute approximate surface area is 347 Å². The monoisotopic (exact) mass is 826 g/mol. The predicted molar refractivity (Wildman–Crippen MR) is 229 cm³/mol. The zero-order chi connectivity index (χ0) is 41.0. The zero-order valence-corrected chi connectivity index (χ0v) is 36.3. The maximum absolute atomic E-state index is 13.3. The van der Waals surface area contributed by atoms with Gasteiger partial charge < -0.3 is 23.6 Å². The van der Waals surface area contributed by atoms with E-state index in [-0.39, 0.29) is 34.5 Å². The molecule has 2 aliphatic heterocycles. The van der Waals surface area contributed by atoms with E-state index >= 15 is 0 Å². The largest absolute Gasteiger partial charge is 0.639 e. The van der Waals surface area contributed by atoms with Crippen molar-refractivity contribution in [3.05, 3.63) is 70.3 Å². The van der Waals surface area contributed by atoms with E-state index in [1.54, 1.807) is 37.3 Å². The van der Waals surface area contributed by atoms with Gasteiger partial charge >= 0.3 is 7.32 Å². The SMILES string of the molecule is CCCCOB(OCCCC)OCCCC.C[C@@H]1[C@@H](C)C/C=C/C(=O)[C@@H]2CC[C@H]2CN2C[C@@]3(CCCc4cc(Cl)ccc43)COc3ccc(cc32)C(=O)NS1(=O)=O. The van der Waals surface area contributed by atoms with E-state index in [1.807, 2.05) is 13.0 Å². The van der Waals surface area contributed by atoms with Crippen LogP contribution in [0.5, 0.6) is 5.75 Å². The van der Waals surface area contributed by atoms with Crippen molar-refractivity contribution in [2.75, 3.05) is 44.4 Å². The number of carbonyl (C=O) groups excluding carboxylic acids is 2. The quantitative estimate of drug-likeness (QED) is 0.165. The molecule has 1 amide bonds. The number of hydrogen-bond acceptors (Lipinski definition) is 9. The molecule has 57 heavy (non-hydrogen) atoms. The highest BCUT2D eigenvalue weighted by Gasteiger charge is 2.44. The smallest absolute Gasteiger partial charge is 0.490 e. The van der Waals surface area contributed by atoms with Crippen LogP contribution in [0.25, 0.3) is 0 Å². The molecule has 1 saturated carbocycles. The fourth-order valence-electron chi connectivity index (χ4n) is 8.12. The van der Waals surface area contributed by atoms with Gasteiger partial charge in [0.05, 0.1) is 17.5 Å². The van der Waals surface area contributed by atoms with Crippen molar-refractivity contribution in [2.24, 2.45) is 17.8 Å². The van der Waals surface area contributed by atoms with Gasteiger partial charge in [-0.15, -0.1) is 0 Å². The number of halogens is 1. The Bertz CT molecular complexity index is 1770. The van der Waals surface area contributed by atoms with Gasteiger partial charge in [-0.2, -0.15) is 0 Å². The number of sulfonamides is 1. The van der Waals surface area contributed by atoms with Crippen LogP contribution in [0.15, 0.2) is 48.6 Å². The van der Waals surface area contributed by atoms with Gasteiger partial charge in [0.2, 0.25) is 10.0 Å². The van der Waals surface area contributed by atoms with Crippen molar-refractivity contribution in [3.8, 4) is 5.75 Å². The summed E-state index contributed by atoms with van der Waals surface area (Å²) < 4.78 is 51.6. The molecule has 13 heteroatoms. The third-order valence-corrected chi connectivity index (χ3v) is 14.3. The first-order chi connectivity index (χ1) is 27.4. The molecule has 1 spiro atoms. The maximum atomic E-state index is 13.3. The molecular formula is C44H64BClN2O8S. The minimum absolute atomic E-state index is 0.0666. The summed E-state index contributed by atoms with van der Waals surface area (Å²) in [5.41, 5.74) is 3.22. The minimum atomic E-state index is -3.93. The maximum Gasteiger partial charge on any atom is 0.639 e. The second kappa shape index (κ2) is 21.4. The van der Waals surface area contributed by atoms with Crippen LogP contribution >= 0.6 is 11.6 Å². The van der Waals surface area contributed by atoms with Crippen molar-refractivity contribution < 1.29 is 36.7 Å². The average molecular weight is 827 g/mol. The van der Waals surface area contributed by atoms with Gasteiger partial charge in [-0.25, -0.2) is 13.1 Å². The number of ketones is 1. The Hall–Kier alpha value is -2.90. The highest BCUT2D eigenvalue weighted by Crippen LogP contribution is 2.46. The van der Waals surface area contributed by atoms with Crippen LogP contribution < -0.4 is 14.4 Å². The topological polar surface area (TPSA) is 120 Å². The molecule has 0 unspecified atom stereocenters. The number of amides is 1. The summed E-state index contributed by atoms with van der Waals surface area (Å²) in [6.45, 7) is 13.8. The van der Waals surface area contributed by atoms with Crippen LogP contribution in [0.1, 0.15) is 127 Å². The van der Waals surface area contributed by atoms with Gasteiger partial charge in [-0.3, -0.25) is 9.59 Å². The van der Waals surface area contributed by atoms with Crippen molar-refractivity contribution in [2.45, 2.75) is 122 Å². The predicted octanol–water partition coefficient (Wildman–Crippen LogP) is 8.87. The summed E-state index contributed by atoms with van der Waals surface area (Å²) in [7, 11) is -4.39. The van der Waals surface area contributed by atoms with Gasteiger partial charge in [0.15, 0.2) is 5.78 Å². The molecule has 2 aliphatic carbocycles. The molecule has 2 aromatic rings. The summed E-state index contributed by atoms with van der Waals surface area (Å²) in [5, 5.41) is -0.0854. The van der Waals surface area contributed by atoms with E-state index in [0.29, 0.717) is 31.9 Å². The number of hydrogen-bond donors (Lipinski definition) is 1. The lowest BCUT2D eigenvalue weighted by atomic mass is 9.68. The summed E-state index contributed by atoms with van der Waals surface area (Å²) >= 11 is 6.37. The van der Waals surface area contributed by atoms with Crippen LogP contribution in [0.4, 0.5) is 5.69 Å². The van der Waals surface area contributed by atoms with Crippen LogP contribution in [0, 0.1) is 17.8 Å². The molecule has 2 aromatic carbocycles. The highest BCUT2D eigenvalue weighted by atomic mass is 35.5. The molecule has 4 aliphatic rings. The van der Waals surface area contributed by atoms with Gasteiger partial charge in [0.1, 0.15) is 5.75 Å². The lowest BCUT2D eigenvalue weighted by molar-refractivity contribution is -0.122. The van der Waals surface area contributed by atoms with Gasteiger partial charge in [0.25, 0.3) is 5.91 Å². The number of anilines is 1. The lowest BCUT2D eigenvalue weighted by Gasteiger charge is -2.44. The van der Waals surface area contributed by atoms with Crippen LogP contribution in [0.3, 0.4) is 0 Å². The van der Waals surface area contributed by atoms with Crippen molar-refractivity contribution >= 4 is 46.3 Å². The third kappa shape index (κ3) is 11.9. The molecule has 314 valence electrons. The number of aryl methyl sites for hydroxylation is 1. The third-order valence-electron chi connectivity index (χ3n) is 12.1. The van der Waals surface area contributed by atoms with Crippen molar-refractivity contribution in [1.29, 1.82) is 0 Å². The van der Waals surface area contributed by atoms with E-state index in [1.165, 1.54) is 11.1 Å². The first kappa shape index (κ1) is 45.2. The highest BCUT2D eigenvalue weighted by molar-refractivity contribution is 7.90. The number of ether oxygens (including phenoxy) is 1. The lowest BCUT2D eigenvalue weighted by Crippen LogP contribution is -2.49. The average Bonchev–Trinajstić information content (AvgIpc) is 3.32. The summed E-state index contributed by atoms with van der Waals surface area (Å²) in [6, 6.07) is 11.3. The van der Waals surface area contributed by atoms with E-state index in [4.69, 9.17) is 30.3 Å². The molecule has 2 heterocycles. The molecular weight excluding hydrogens is 763 g/mol. The number of nitrogens with zero attached hydrogens (tertiary/aromatic N) is 1. The number of fused-ring (bicyclic) bond motifs is 4. The second-order valence-electron chi connectivity index (χ2n) is 16.4. The molecule has 0 saturated heterocycles. The van der Waals surface area contributed by atoms with Crippen molar-refractivity contribution in [1.82, 2.24) is 4.72 Å². The molecule has 6 rings (SSSR count). The first-order valence-corrected chi connectivity index (χ1v) is 23.3. The molecule has 2 bridgehead atoms. The minimum Gasteiger partial charge on any atom is -0.490 e.